The number of likely N-dealkylation sites (N-methyl/N-ethyl adjacent to an activating group) is 1. The first kappa shape index (κ1) is 27.0. The van der Waals surface area contributed by atoms with Gasteiger partial charge in [-0.2, -0.15) is 0 Å². The van der Waals surface area contributed by atoms with Crippen molar-refractivity contribution in [1.29, 1.82) is 0 Å². The van der Waals surface area contributed by atoms with Crippen molar-refractivity contribution in [2.75, 3.05) is 20.3 Å². The summed E-state index contributed by atoms with van der Waals surface area (Å²) in [5, 5.41) is 10.9. The molecule has 0 aliphatic heterocycles. The molecule has 0 aromatic rings. The van der Waals surface area contributed by atoms with Crippen LogP contribution in [0, 0.1) is 0 Å². The number of rotatable bonds is 14. The van der Waals surface area contributed by atoms with Crippen molar-refractivity contribution in [3.05, 3.63) is 0 Å². The van der Waals surface area contributed by atoms with E-state index < -0.39 is 46.1 Å². The Hall–Kier alpha value is 0.0300. The number of hydrazine groups is 1. The molecule has 0 aliphatic rings. The van der Waals surface area contributed by atoms with E-state index in [-0.39, 0.29) is 19.3 Å². The van der Waals surface area contributed by atoms with E-state index in [1.807, 2.05) is 0 Å². The van der Waals surface area contributed by atoms with Crippen molar-refractivity contribution in [2.24, 2.45) is 0 Å². The molecule has 0 radical (unpaired) electrons. The van der Waals surface area contributed by atoms with Gasteiger partial charge in [-0.15, -0.1) is 4.48 Å². The van der Waals surface area contributed by atoms with E-state index >= 15 is 0 Å². The van der Waals surface area contributed by atoms with E-state index in [0.29, 0.717) is 0 Å². The first-order valence-electron chi connectivity index (χ1n) is 8.31. The van der Waals surface area contributed by atoms with Crippen molar-refractivity contribution >= 4 is 15.6 Å². The van der Waals surface area contributed by atoms with E-state index in [0.717, 1.165) is 5.01 Å². The Morgan fingerprint density at radius 3 is 2.04 bits per heavy atom. The molecule has 0 aromatic carbocycles. The minimum absolute atomic E-state index is 0.0696. The quantitative estimate of drug-likeness (QED) is 0.152. The van der Waals surface area contributed by atoms with Crippen LogP contribution in [0.5, 0.6) is 0 Å². The van der Waals surface area contributed by atoms with Crippen LogP contribution in [-0.4, -0.2) is 62.3 Å². The monoisotopic (exact) mass is 440 g/mol. The van der Waals surface area contributed by atoms with Gasteiger partial charge in [0.1, 0.15) is 0 Å². The summed E-state index contributed by atoms with van der Waals surface area (Å²) in [5.74, 6) is 0. The molecule has 27 heavy (non-hydrogen) atoms. The molecule has 164 valence electrons. The molecule has 11 nitrogen and oxygen atoms in total. The van der Waals surface area contributed by atoms with Crippen molar-refractivity contribution in [3.63, 3.8) is 0 Å². The van der Waals surface area contributed by atoms with Crippen molar-refractivity contribution < 1.29 is 47.0 Å². The Morgan fingerprint density at radius 2 is 1.67 bits per heavy atom. The smallest absolute Gasteiger partial charge is 0.389 e. The van der Waals surface area contributed by atoms with Gasteiger partial charge in [0.15, 0.2) is 0 Å². The third-order valence-corrected chi connectivity index (χ3v) is 5.84. The highest BCUT2D eigenvalue weighted by Crippen LogP contribution is 2.51. The maximum atomic E-state index is 12.7. The Kier molecular flexibility index (Phi) is 10.7. The molecule has 0 aliphatic carbocycles. The summed E-state index contributed by atoms with van der Waals surface area (Å²) in [5.41, 5.74) is -1.39. The number of nitrogens with zero attached hydrogens (tertiary/aromatic N) is 1. The molecule has 0 amide bonds. The lowest BCUT2D eigenvalue weighted by atomic mass is 9.94. The number of hydrogen-bond acceptors (Lipinski definition) is 8. The molecular formula is C13H31FN2O9P2. The van der Waals surface area contributed by atoms with Crippen LogP contribution in [0.15, 0.2) is 0 Å². The van der Waals surface area contributed by atoms with E-state index in [2.05, 4.69) is 4.52 Å². The topological polar surface area (TPSA) is 158 Å². The van der Waals surface area contributed by atoms with Crippen LogP contribution >= 0.6 is 15.6 Å². The van der Waals surface area contributed by atoms with Crippen LogP contribution in [0.4, 0.5) is 4.48 Å². The van der Waals surface area contributed by atoms with Crippen LogP contribution in [0.2, 0.25) is 0 Å². The largest absolute Gasteiger partial charge is 0.472 e. The molecule has 0 spiro atoms. The minimum Gasteiger partial charge on any atom is -0.389 e. The van der Waals surface area contributed by atoms with Crippen LogP contribution in [0.3, 0.4) is 0 Å². The summed E-state index contributed by atoms with van der Waals surface area (Å²) < 4.78 is 50.4. The maximum Gasteiger partial charge on any atom is 0.472 e. The Bertz CT molecular complexity index is 536. The summed E-state index contributed by atoms with van der Waals surface area (Å²) >= 11 is 0. The predicted octanol–water partition coefficient (Wildman–Crippen LogP) is 1.64. The molecule has 0 heterocycles. The van der Waals surface area contributed by atoms with Gasteiger partial charge in [0, 0.05) is 13.5 Å². The highest BCUT2D eigenvalue weighted by Gasteiger charge is 2.40. The van der Waals surface area contributed by atoms with Gasteiger partial charge in [0.25, 0.3) is 0 Å². The maximum absolute atomic E-state index is 12.7. The summed E-state index contributed by atoms with van der Waals surface area (Å²) in [6.07, 6.45) is 0.408. The summed E-state index contributed by atoms with van der Waals surface area (Å²) in [6, 6.07) is -1.03. The van der Waals surface area contributed by atoms with Gasteiger partial charge in [-0.1, -0.05) is 19.5 Å². The number of phosphoric ester groups is 2. The lowest BCUT2D eigenvalue weighted by Gasteiger charge is -2.36. The molecule has 0 fully saturated rings. The van der Waals surface area contributed by atoms with Gasteiger partial charge in [0.2, 0.25) is 0 Å². The van der Waals surface area contributed by atoms with Crippen LogP contribution < -0.4 is 5.65 Å². The predicted molar refractivity (Wildman–Crippen MR) is 94.9 cm³/mol. The number of nitrogens with one attached hydrogen (secondary N) is 1. The molecule has 14 heteroatoms. The summed E-state index contributed by atoms with van der Waals surface area (Å²) in [7, 11) is -8.04. The summed E-state index contributed by atoms with van der Waals surface area (Å²) in [4.78, 5) is 27.5. The average Bonchev–Trinajstić information content (AvgIpc) is 2.50. The molecule has 0 saturated carbocycles. The second kappa shape index (κ2) is 10.7. The van der Waals surface area contributed by atoms with E-state index in [1.165, 1.54) is 26.5 Å². The van der Waals surface area contributed by atoms with E-state index in [1.54, 1.807) is 13.8 Å². The SMILES string of the molecule is CCC(CC)(CCOP(=O)(O)O)OP(=O)(O)OCC(N(C)NF)C(C)(C)O. The zero-order chi connectivity index (χ0) is 21.5. The van der Waals surface area contributed by atoms with Gasteiger partial charge in [-0.3, -0.25) is 13.6 Å². The Labute approximate surface area is 158 Å². The number of aliphatic hydroxyl groups is 1. The third-order valence-electron chi connectivity index (χ3n) is 4.23. The molecule has 2 atom stereocenters. The van der Waals surface area contributed by atoms with E-state index in [4.69, 9.17) is 18.8 Å². The molecule has 0 rings (SSSR count). The zero-order valence-electron chi connectivity index (χ0n) is 16.2. The average molecular weight is 440 g/mol. The highest BCUT2D eigenvalue weighted by molar-refractivity contribution is 7.47. The normalized spacial score (nSPS) is 17.1. The second-order valence-electron chi connectivity index (χ2n) is 6.68. The van der Waals surface area contributed by atoms with Crippen LogP contribution in [-0.2, 0) is 22.7 Å². The van der Waals surface area contributed by atoms with Gasteiger partial charge in [-0.25, -0.2) is 14.1 Å². The van der Waals surface area contributed by atoms with Crippen LogP contribution in [0.1, 0.15) is 47.0 Å². The van der Waals surface area contributed by atoms with Crippen molar-refractivity contribution in [2.45, 2.75) is 64.2 Å². The van der Waals surface area contributed by atoms with Gasteiger partial charge in [0.05, 0.1) is 30.5 Å². The van der Waals surface area contributed by atoms with Crippen LogP contribution in [0.25, 0.3) is 0 Å². The summed E-state index contributed by atoms with van der Waals surface area (Å²) in [6.45, 7) is 5.16. The minimum atomic E-state index is -4.68. The lowest BCUT2D eigenvalue weighted by molar-refractivity contribution is -0.0835. The molecule has 0 bridgehead atoms. The fourth-order valence-corrected chi connectivity index (χ4v) is 3.96. The number of halogens is 1. The Balaban J connectivity index is 5.09. The molecule has 5 N–H and O–H groups in total. The second-order valence-corrected chi connectivity index (χ2v) is 9.30. The molecule has 2 unspecified atom stereocenters. The van der Waals surface area contributed by atoms with E-state index in [9.17, 15) is 23.6 Å². The first-order chi connectivity index (χ1) is 12.1. The number of hydrogen-bond donors (Lipinski definition) is 5. The third kappa shape index (κ3) is 10.4. The standard InChI is InChI=1S/C13H31FN2O9P2/c1-6-13(7-2,8-9-23-26(18,19)20)25-27(21,22)24-10-11(12(3,4)17)16(5)15-14/h11,15,17H,6-10H2,1-5H3,(H,21,22)(H2,18,19,20). The molecular weight excluding hydrogens is 409 g/mol. The van der Waals surface area contributed by atoms with Gasteiger partial charge in [-0.05, 0) is 26.7 Å². The van der Waals surface area contributed by atoms with Gasteiger partial charge < -0.3 is 19.8 Å². The number of phosphoric acid groups is 2. The fourth-order valence-electron chi connectivity index (χ4n) is 2.41. The molecule has 0 aromatic heterocycles. The zero-order valence-corrected chi connectivity index (χ0v) is 18.0. The van der Waals surface area contributed by atoms with Crippen molar-refractivity contribution in [1.82, 2.24) is 10.7 Å². The van der Waals surface area contributed by atoms with Crippen molar-refractivity contribution in [3.8, 4) is 0 Å². The fraction of sp³-hybridized carbons (Fsp3) is 1.00. The van der Waals surface area contributed by atoms with Gasteiger partial charge >= 0.3 is 15.6 Å². The Morgan fingerprint density at radius 1 is 1.15 bits per heavy atom. The molecule has 0 saturated heterocycles. The lowest BCUT2D eigenvalue weighted by Crippen LogP contribution is -2.53. The first-order valence-corrected chi connectivity index (χ1v) is 11.3. The highest BCUT2D eigenvalue weighted by atomic mass is 31.2.